The Labute approximate surface area is 190 Å². The lowest BCUT2D eigenvalue weighted by atomic mass is 10.1. The lowest BCUT2D eigenvalue weighted by Crippen LogP contribution is -2.29. The zero-order valence-corrected chi connectivity index (χ0v) is 17.6. The van der Waals surface area contributed by atoms with Crippen LogP contribution >= 0.6 is 0 Å². The van der Waals surface area contributed by atoms with Gasteiger partial charge in [0.25, 0.3) is 17.3 Å². The maximum Gasteiger partial charge on any atom is 0.349 e. The van der Waals surface area contributed by atoms with Crippen LogP contribution in [0.25, 0.3) is 11.0 Å². The summed E-state index contributed by atoms with van der Waals surface area (Å²) in [6, 6.07) is 7.70. The Morgan fingerprint density at radius 2 is 1.71 bits per heavy atom. The van der Waals surface area contributed by atoms with Gasteiger partial charge in [-0.05, 0) is 24.6 Å². The molecule has 0 unspecified atom stereocenters. The van der Waals surface area contributed by atoms with Crippen LogP contribution in [0.5, 0.6) is 5.75 Å². The number of fused-ring (bicyclic) bond motifs is 1. The van der Waals surface area contributed by atoms with Crippen molar-refractivity contribution in [1.29, 1.82) is 0 Å². The molecule has 0 aliphatic rings. The molecule has 2 aromatic carbocycles. The Morgan fingerprint density at radius 3 is 2.32 bits per heavy atom. The number of hydrogen-bond donors (Lipinski definition) is 1. The van der Waals surface area contributed by atoms with Crippen LogP contribution in [-0.2, 0) is 4.74 Å². The molecule has 1 N–H and O–H groups in total. The van der Waals surface area contributed by atoms with Crippen LogP contribution in [0.3, 0.4) is 0 Å². The number of carbonyl (C=O) groups excluding carboxylic acids is 2. The van der Waals surface area contributed by atoms with Crippen LogP contribution in [0.15, 0.2) is 51.7 Å². The topological polar surface area (TPSA) is 181 Å². The molecule has 0 saturated heterocycles. The predicted octanol–water partition coefficient (Wildman–Crippen LogP) is 2.59. The highest BCUT2D eigenvalue weighted by molar-refractivity contribution is 5.97. The summed E-state index contributed by atoms with van der Waals surface area (Å²) < 4.78 is 15.2. The third-order valence-electron chi connectivity index (χ3n) is 4.53. The number of rotatable bonds is 9. The number of hydrogen-bond acceptors (Lipinski definition) is 10. The van der Waals surface area contributed by atoms with Crippen LogP contribution in [0.4, 0.5) is 11.4 Å². The van der Waals surface area contributed by atoms with Gasteiger partial charge in [0.2, 0.25) is 0 Å². The molecule has 1 amide bonds. The van der Waals surface area contributed by atoms with Crippen molar-refractivity contribution < 1.29 is 33.3 Å². The molecule has 34 heavy (non-hydrogen) atoms. The number of esters is 1. The first-order valence-corrected chi connectivity index (χ1v) is 9.70. The second-order valence-electron chi connectivity index (χ2n) is 6.89. The smallest absolute Gasteiger partial charge is 0.349 e. The van der Waals surface area contributed by atoms with Gasteiger partial charge in [0, 0.05) is 43.8 Å². The summed E-state index contributed by atoms with van der Waals surface area (Å²) in [5.74, 6) is -1.80. The number of methoxy groups -OCH3 is 1. The van der Waals surface area contributed by atoms with E-state index in [0.29, 0.717) is 31.0 Å². The third kappa shape index (κ3) is 5.58. The number of nitrogens with one attached hydrogen (secondary N) is 1. The summed E-state index contributed by atoms with van der Waals surface area (Å²) in [6.07, 6.45) is 0.559. The molecule has 1 aromatic heterocycles. The Morgan fingerprint density at radius 1 is 1.03 bits per heavy atom. The van der Waals surface area contributed by atoms with Gasteiger partial charge < -0.3 is 19.2 Å². The van der Waals surface area contributed by atoms with Gasteiger partial charge in [-0.2, -0.15) is 0 Å². The SMILES string of the molecule is COCCCNC(=O)c1cc2ccc(OC(=O)c3cc([N+](=O)[O-])cc([N+](=O)[O-])c3)cc2oc1=O. The molecule has 1 heterocycles. The van der Waals surface area contributed by atoms with Gasteiger partial charge in [0.1, 0.15) is 16.9 Å². The van der Waals surface area contributed by atoms with E-state index in [-0.39, 0.29) is 16.9 Å². The van der Waals surface area contributed by atoms with E-state index in [4.69, 9.17) is 13.9 Å². The van der Waals surface area contributed by atoms with Crippen molar-refractivity contribution in [3.05, 3.63) is 84.2 Å². The second kappa shape index (κ2) is 10.3. The molecule has 0 fully saturated rings. The summed E-state index contributed by atoms with van der Waals surface area (Å²) >= 11 is 0. The normalized spacial score (nSPS) is 10.6. The Hall–Kier alpha value is -4.65. The number of amides is 1. The first-order valence-electron chi connectivity index (χ1n) is 9.70. The first-order chi connectivity index (χ1) is 16.2. The summed E-state index contributed by atoms with van der Waals surface area (Å²) in [4.78, 5) is 57.1. The standard InChI is InChI=1S/C21H17N3O10/c1-32-6-2-5-22-19(25)17-9-12-3-4-16(11-18(12)34-21(17)27)33-20(26)13-7-14(23(28)29)10-15(8-13)24(30)31/h3-4,7-11H,2,5-6H2,1H3,(H,22,25). The lowest BCUT2D eigenvalue weighted by molar-refractivity contribution is -0.394. The molecule has 3 rings (SSSR count). The molecule has 0 saturated carbocycles. The highest BCUT2D eigenvalue weighted by Gasteiger charge is 2.21. The minimum absolute atomic E-state index is 0.0104. The largest absolute Gasteiger partial charge is 0.423 e. The number of benzene rings is 2. The van der Waals surface area contributed by atoms with E-state index < -0.39 is 44.3 Å². The molecule has 176 valence electrons. The van der Waals surface area contributed by atoms with Gasteiger partial charge in [-0.25, -0.2) is 9.59 Å². The number of nitro benzene ring substituents is 2. The molecular weight excluding hydrogens is 454 g/mol. The lowest BCUT2D eigenvalue weighted by Gasteiger charge is -2.07. The Balaban J connectivity index is 1.83. The molecule has 13 nitrogen and oxygen atoms in total. The second-order valence-corrected chi connectivity index (χ2v) is 6.89. The van der Waals surface area contributed by atoms with Crippen molar-refractivity contribution in [2.24, 2.45) is 0 Å². The number of nitrogens with zero attached hydrogens (tertiary/aromatic N) is 2. The van der Waals surface area contributed by atoms with Crippen LogP contribution in [0.1, 0.15) is 27.1 Å². The van der Waals surface area contributed by atoms with Crippen molar-refractivity contribution in [2.75, 3.05) is 20.3 Å². The quantitative estimate of drug-likeness (QED) is 0.122. The monoisotopic (exact) mass is 471 g/mol. The van der Waals surface area contributed by atoms with Gasteiger partial charge in [0.15, 0.2) is 0 Å². The van der Waals surface area contributed by atoms with Gasteiger partial charge >= 0.3 is 11.6 Å². The van der Waals surface area contributed by atoms with Crippen LogP contribution in [-0.4, -0.2) is 42.0 Å². The number of non-ortho nitro benzene ring substituents is 2. The average molecular weight is 471 g/mol. The minimum atomic E-state index is -1.10. The van der Waals surface area contributed by atoms with Gasteiger partial charge in [-0.15, -0.1) is 0 Å². The fourth-order valence-corrected chi connectivity index (χ4v) is 2.92. The molecule has 0 bridgehead atoms. The van der Waals surface area contributed by atoms with Crippen LogP contribution in [0, 0.1) is 20.2 Å². The number of ether oxygens (including phenoxy) is 2. The van der Waals surface area contributed by atoms with Crippen molar-refractivity contribution in [3.8, 4) is 5.75 Å². The maximum atomic E-state index is 12.4. The van der Waals surface area contributed by atoms with Crippen molar-refractivity contribution in [3.63, 3.8) is 0 Å². The van der Waals surface area contributed by atoms with Gasteiger partial charge in [-0.3, -0.25) is 25.0 Å². The van der Waals surface area contributed by atoms with E-state index in [0.717, 1.165) is 12.1 Å². The van der Waals surface area contributed by atoms with Crippen molar-refractivity contribution in [2.45, 2.75) is 6.42 Å². The summed E-state index contributed by atoms with van der Waals surface area (Å²) in [5.41, 5.74) is -2.83. The van der Waals surface area contributed by atoms with Crippen molar-refractivity contribution >= 4 is 34.2 Å². The Bertz CT molecular complexity index is 1320. The van der Waals surface area contributed by atoms with E-state index in [1.54, 1.807) is 0 Å². The number of nitro groups is 2. The highest BCUT2D eigenvalue weighted by Crippen LogP contribution is 2.25. The molecule has 0 spiro atoms. The fraction of sp³-hybridized carbons (Fsp3) is 0.190. The van der Waals surface area contributed by atoms with E-state index in [2.05, 4.69) is 5.32 Å². The van der Waals surface area contributed by atoms with E-state index in [9.17, 15) is 34.6 Å². The van der Waals surface area contributed by atoms with E-state index >= 15 is 0 Å². The average Bonchev–Trinajstić information content (AvgIpc) is 2.80. The van der Waals surface area contributed by atoms with E-state index in [1.165, 1.54) is 31.4 Å². The summed E-state index contributed by atoms with van der Waals surface area (Å²) in [5, 5.41) is 25.0. The zero-order valence-electron chi connectivity index (χ0n) is 17.6. The molecular formula is C21H17N3O10. The van der Waals surface area contributed by atoms with Crippen LogP contribution in [0.2, 0.25) is 0 Å². The number of carbonyl (C=O) groups is 2. The van der Waals surface area contributed by atoms with Crippen LogP contribution < -0.4 is 15.7 Å². The summed E-state index contributed by atoms with van der Waals surface area (Å²) in [7, 11) is 1.53. The zero-order chi connectivity index (χ0) is 24.8. The molecule has 0 radical (unpaired) electrons. The highest BCUT2D eigenvalue weighted by atomic mass is 16.6. The maximum absolute atomic E-state index is 12.4. The third-order valence-corrected chi connectivity index (χ3v) is 4.53. The molecule has 0 aliphatic carbocycles. The molecule has 0 aliphatic heterocycles. The van der Waals surface area contributed by atoms with Gasteiger partial charge in [0.05, 0.1) is 21.5 Å². The Kier molecular flexibility index (Phi) is 7.28. The fourth-order valence-electron chi connectivity index (χ4n) is 2.92. The summed E-state index contributed by atoms with van der Waals surface area (Å²) in [6.45, 7) is 0.743. The van der Waals surface area contributed by atoms with Crippen molar-refractivity contribution in [1.82, 2.24) is 5.32 Å². The van der Waals surface area contributed by atoms with E-state index in [1.807, 2.05) is 0 Å². The molecule has 0 atom stereocenters. The first kappa shape index (κ1) is 24.0. The predicted molar refractivity (Wildman–Crippen MR) is 116 cm³/mol. The molecule has 3 aromatic rings. The van der Waals surface area contributed by atoms with Gasteiger partial charge in [-0.1, -0.05) is 0 Å². The minimum Gasteiger partial charge on any atom is -0.423 e. The molecule has 13 heteroatoms.